The van der Waals surface area contributed by atoms with E-state index in [1.807, 2.05) is 37.3 Å². The highest BCUT2D eigenvalue weighted by Crippen LogP contribution is 2.31. The number of nitrogens with zero attached hydrogens (tertiary/aromatic N) is 5. The van der Waals surface area contributed by atoms with E-state index in [-0.39, 0.29) is 5.56 Å². The molecule has 0 unspecified atom stereocenters. The minimum atomic E-state index is -0.938. The first kappa shape index (κ1) is 22.5. The molecule has 0 spiro atoms. The number of tetrazole rings is 1. The summed E-state index contributed by atoms with van der Waals surface area (Å²) < 4.78 is 2.07. The maximum Gasteiger partial charge on any atom is 0.337 e. The number of aromatic nitrogens is 6. The summed E-state index contributed by atoms with van der Waals surface area (Å²) in [6, 6.07) is 19.8. The number of aromatic amines is 1. The van der Waals surface area contributed by atoms with Gasteiger partial charge in [-0.2, -0.15) is 5.21 Å². The fraction of sp³-hybridized carbons (Fsp3) is 0.222. The van der Waals surface area contributed by atoms with Crippen LogP contribution in [0.4, 0.5) is 0 Å². The minimum absolute atomic E-state index is 0.284. The first-order valence-corrected chi connectivity index (χ1v) is 11.7. The largest absolute Gasteiger partial charge is 0.478 e. The molecule has 0 aliphatic heterocycles. The van der Waals surface area contributed by atoms with E-state index < -0.39 is 5.97 Å². The Hall–Kier alpha value is -4.33. The fourth-order valence-electron chi connectivity index (χ4n) is 4.46. The zero-order valence-corrected chi connectivity index (χ0v) is 19.7. The second-order valence-electron chi connectivity index (χ2n) is 8.63. The Bertz CT molecular complexity index is 1490. The number of rotatable bonds is 8. The molecule has 2 N–H and O–H groups in total. The number of carboxylic acid groups (broad SMARTS) is 1. The first-order valence-electron chi connectivity index (χ1n) is 11.7. The van der Waals surface area contributed by atoms with Gasteiger partial charge in [-0.15, -0.1) is 10.2 Å². The molecule has 0 atom stereocenters. The third-order valence-corrected chi connectivity index (χ3v) is 6.28. The molecule has 8 heteroatoms. The topological polar surface area (TPSA) is 110 Å². The molecule has 35 heavy (non-hydrogen) atoms. The van der Waals surface area contributed by atoms with Crippen LogP contribution in [0.3, 0.4) is 0 Å². The van der Waals surface area contributed by atoms with Gasteiger partial charge in [0.05, 0.1) is 16.6 Å². The summed E-state index contributed by atoms with van der Waals surface area (Å²) in [6.45, 7) is 4.67. The Balaban J connectivity index is 1.54. The highest BCUT2D eigenvalue weighted by molar-refractivity contribution is 6.02. The number of aromatic carboxylic acids is 1. The molecule has 2 aromatic heterocycles. The average Bonchev–Trinajstić information content (AvgIpc) is 3.53. The smallest absolute Gasteiger partial charge is 0.337 e. The second-order valence-corrected chi connectivity index (χ2v) is 8.63. The number of aryl methyl sites for hydroxylation is 2. The lowest BCUT2D eigenvalue weighted by molar-refractivity contribution is 0.0698. The standard InChI is InChI=1S/C27H26N6O2/c1-3-4-9-23-28-24-17(2)10-15-22(27(34)35)25(24)33(23)16-18-11-13-19(14-12-18)20-7-5-6-8-21(20)26-29-31-32-30-26/h5-8,10-15H,3-4,9,16H2,1-2H3,(H,34,35)(H,29,30,31,32). The van der Waals surface area contributed by atoms with Crippen LogP contribution < -0.4 is 0 Å². The Labute approximate surface area is 202 Å². The zero-order chi connectivity index (χ0) is 24.4. The number of imidazole rings is 1. The van der Waals surface area contributed by atoms with Crippen molar-refractivity contribution in [3.05, 3.63) is 83.2 Å². The molecule has 5 rings (SSSR count). The number of nitrogens with one attached hydrogen (secondary N) is 1. The number of carboxylic acids is 1. The molecule has 0 bridgehead atoms. The number of carbonyl (C=O) groups is 1. The van der Waals surface area contributed by atoms with Gasteiger partial charge in [-0.05, 0) is 46.9 Å². The van der Waals surface area contributed by atoms with E-state index in [0.717, 1.165) is 58.4 Å². The molecule has 3 aromatic carbocycles. The molecule has 0 radical (unpaired) electrons. The molecule has 176 valence electrons. The maximum absolute atomic E-state index is 12.0. The zero-order valence-electron chi connectivity index (χ0n) is 19.7. The number of unbranched alkanes of at least 4 members (excludes halogenated alkanes) is 1. The Kier molecular flexibility index (Phi) is 6.10. The monoisotopic (exact) mass is 466 g/mol. The minimum Gasteiger partial charge on any atom is -0.478 e. The molecule has 0 amide bonds. The van der Waals surface area contributed by atoms with Gasteiger partial charge in [0.15, 0.2) is 0 Å². The van der Waals surface area contributed by atoms with Crippen molar-refractivity contribution >= 4 is 17.0 Å². The highest BCUT2D eigenvalue weighted by Gasteiger charge is 2.19. The molecule has 5 aromatic rings. The van der Waals surface area contributed by atoms with Crippen LogP contribution in [0.5, 0.6) is 0 Å². The molecule has 0 aliphatic rings. The van der Waals surface area contributed by atoms with Gasteiger partial charge in [-0.25, -0.2) is 9.78 Å². The molecular formula is C27H26N6O2. The average molecular weight is 467 g/mol. The fourth-order valence-corrected chi connectivity index (χ4v) is 4.46. The summed E-state index contributed by atoms with van der Waals surface area (Å²) in [7, 11) is 0. The van der Waals surface area contributed by atoms with Crippen molar-refractivity contribution in [3.63, 3.8) is 0 Å². The van der Waals surface area contributed by atoms with Crippen LogP contribution in [-0.2, 0) is 13.0 Å². The van der Waals surface area contributed by atoms with Gasteiger partial charge in [-0.1, -0.05) is 67.9 Å². The van der Waals surface area contributed by atoms with E-state index in [0.29, 0.717) is 17.9 Å². The summed E-state index contributed by atoms with van der Waals surface area (Å²) in [5, 5.41) is 24.3. The van der Waals surface area contributed by atoms with E-state index >= 15 is 0 Å². The van der Waals surface area contributed by atoms with Crippen LogP contribution >= 0.6 is 0 Å². The van der Waals surface area contributed by atoms with E-state index in [2.05, 4.69) is 56.4 Å². The Morgan fingerprint density at radius 1 is 1.03 bits per heavy atom. The van der Waals surface area contributed by atoms with Crippen LogP contribution in [0.15, 0.2) is 60.7 Å². The van der Waals surface area contributed by atoms with E-state index in [4.69, 9.17) is 4.98 Å². The number of benzene rings is 3. The number of hydrogen-bond donors (Lipinski definition) is 2. The highest BCUT2D eigenvalue weighted by atomic mass is 16.4. The molecule has 0 aliphatic carbocycles. The Morgan fingerprint density at radius 3 is 2.49 bits per heavy atom. The van der Waals surface area contributed by atoms with Gasteiger partial charge in [0.2, 0.25) is 5.82 Å². The normalized spacial score (nSPS) is 11.3. The van der Waals surface area contributed by atoms with Gasteiger partial charge in [0.25, 0.3) is 0 Å². The Morgan fingerprint density at radius 2 is 1.80 bits per heavy atom. The van der Waals surface area contributed by atoms with Gasteiger partial charge in [0, 0.05) is 18.5 Å². The lowest BCUT2D eigenvalue weighted by Crippen LogP contribution is -2.08. The third kappa shape index (κ3) is 4.30. The lowest BCUT2D eigenvalue weighted by atomic mass is 9.98. The van der Waals surface area contributed by atoms with Crippen LogP contribution in [0.25, 0.3) is 33.5 Å². The van der Waals surface area contributed by atoms with Crippen molar-refractivity contribution in [1.29, 1.82) is 0 Å². The predicted molar refractivity (Wildman–Crippen MR) is 134 cm³/mol. The maximum atomic E-state index is 12.0. The van der Waals surface area contributed by atoms with Crippen molar-refractivity contribution < 1.29 is 9.90 Å². The summed E-state index contributed by atoms with van der Waals surface area (Å²) in [5.74, 6) is 0.531. The van der Waals surface area contributed by atoms with Gasteiger partial charge < -0.3 is 9.67 Å². The van der Waals surface area contributed by atoms with Crippen LogP contribution in [-0.4, -0.2) is 41.3 Å². The van der Waals surface area contributed by atoms with Crippen molar-refractivity contribution in [2.24, 2.45) is 0 Å². The summed E-state index contributed by atoms with van der Waals surface area (Å²) in [4.78, 5) is 16.9. The van der Waals surface area contributed by atoms with E-state index in [1.165, 1.54) is 0 Å². The van der Waals surface area contributed by atoms with Crippen LogP contribution in [0.1, 0.15) is 47.1 Å². The first-order chi connectivity index (χ1) is 17.1. The van der Waals surface area contributed by atoms with Crippen LogP contribution in [0, 0.1) is 6.92 Å². The molecule has 0 saturated carbocycles. The van der Waals surface area contributed by atoms with Crippen molar-refractivity contribution in [2.75, 3.05) is 0 Å². The van der Waals surface area contributed by atoms with E-state index in [1.54, 1.807) is 6.07 Å². The van der Waals surface area contributed by atoms with E-state index in [9.17, 15) is 9.90 Å². The van der Waals surface area contributed by atoms with Crippen molar-refractivity contribution in [2.45, 2.75) is 39.7 Å². The van der Waals surface area contributed by atoms with Crippen molar-refractivity contribution in [1.82, 2.24) is 30.2 Å². The summed E-state index contributed by atoms with van der Waals surface area (Å²) >= 11 is 0. The SMILES string of the molecule is CCCCc1nc2c(C)ccc(C(=O)O)c2n1Cc1ccc(-c2ccccc2-c2nn[nH]n2)cc1. The molecule has 8 nitrogen and oxygen atoms in total. The van der Waals surface area contributed by atoms with Gasteiger partial charge in [0.1, 0.15) is 5.82 Å². The summed E-state index contributed by atoms with van der Waals surface area (Å²) in [6.07, 6.45) is 2.85. The van der Waals surface area contributed by atoms with Crippen molar-refractivity contribution in [3.8, 4) is 22.5 Å². The number of H-pyrrole nitrogens is 1. The molecule has 0 saturated heterocycles. The number of fused-ring (bicyclic) bond motifs is 1. The van der Waals surface area contributed by atoms with Gasteiger partial charge in [-0.3, -0.25) is 0 Å². The summed E-state index contributed by atoms with van der Waals surface area (Å²) in [5.41, 5.74) is 6.75. The lowest BCUT2D eigenvalue weighted by Gasteiger charge is -2.12. The third-order valence-electron chi connectivity index (χ3n) is 6.28. The van der Waals surface area contributed by atoms with Gasteiger partial charge >= 0.3 is 5.97 Å². The molecule has 2 heterocycles. The predicted octanol–water partition coefficient (Wildman–Crippen LogP) is 5.28. The molecule has 0 fully saturated rings. The second kappa shape index (κ2) is 9.50. The quantitative estimate of drug-likeness (QED) is 0.322. The van der Waals surface area contributed by atoms with Crippen LogP contribution in [0.2, 0.25) is 0 Å². The molecular weight excluding hydrogens is 440 g/mol. The number of hydrogen-bond acceptors (Lipinski definition) is 5.